The fraction of sp³-hybridized carbons (Fsp3) is 0.263. The summed E-state index contributed by atoms with van der Waals surface area (Å²) in [5.41, 5.74) is 1.32. The number of rotatable bonds is 6. The van der Waals surface area contributed by atoms with Crippen molar-refractivity contribution in [1.29, 1.82) is 0 Å². The molecule has 0 bridgehead atoms. The molecule has 3 rings (SSSR count). The van der Waals surface area contributed by atoms with Crippen molar-refractivity contribution in [3.63, 3.8) is 0 Å². The Kier molecular flexibility index (Phi) is 5.19. The summed E-state index contributed by atoms with van der Waals surface area (Å²) < 4.78 is 17.4. The summed E-state index contributed by atoms with van der Waals surface area (Å²) in [4.78, 5) is 16.7. The lowest BCUT2D eigenvalue weighted by Crippen LogP contribution is -2.09. The number of benzene rings is 2. The molecule has 0 aliphatic heterocycles. The first-order valence-corrected chi connectivity index (χ1v) is 8.74. The molecule has 0 aliphatic carbocycles. The zero-order valence-electron chi connectivity index (χ0n) is 14.3. The Bertz CT molecular complexity index is 855. The van der Waals surface area contributed by atoms with Gasteiger partial charge in [0.15, 0.2) is 11.5 Å². The zero-order valence-corrected chi connectivity index (χ0v) is 15.1. The third kappa shape index (κ3) is 4.09. The Hall–Kier alpha value is -2.60. The number of carbonyl (C=O) groups excluding carboxylic acids is 1. The minimum atomic E-state index is -0.423. The Morgan fingerprint density at radius 3 is 2.68 bits per heavy atom. The fourth-order valence-electron chi connectivity index (χ4n) is 2.34. The first-order valence-electron chi connectivity index (χ1n) is 7.93. The van der Waals surface area contributed by atoms with Crippen molar-refractivity contribution >= 4 is 27.5 Å². The van der Waals surface area contributed by atoms with E-state index in [0.717, 1.165) is 15.2 Å². The summed E-state index contributed by atoms with van der Waals surface area (Å²) in [7, 11) is 1.54. The van der Waals surface area contributed by atoms with Crippen LogP contribution in [0.2, 0.25) is 0 Å². The van der Waals surface area contributed by atoms with Crippen molar-refractivity contribution in [2.45, 2.75) is 26.6 Å². The summed E-state index contributed by atoms with van der Waals surface area (Å²) in [5.74, 6) is 0.678. The van der Waals surface area contributed by atoms with Crippen LogP contribution in [0.5, 0.6) is 11.5 Å². The molecule has 2 aromatic carbocycles. The molecule has 0 amide bonds. The highest BCUT2D eigenvalue weighted by molar-refractivity contribution is 7.18. The quantitative estimate of drug-likeness (QED) is 0.610. The van der Waals surface area contributed by atoms with E-state index < -0.39 is 5.97 Å². The van der Waals surface area contributed by atoms with Crippen molar-refractivity contribution < 1.29 is 19.0 Å². The topological polar surface area (TPSA) is 57.7 Å². The maximum Gasteiger partial charge on any atom is 0.338 e. The molecule has 0 N–H and O–H groups in total. The first kappa shape index (κ1) is 17.2. The second-order valence-electron chi connectivity index (χ2n) is 5.68. The van der Waals surface area contributed by atoms with Gasteiger partial charge in [-0.25, -0.2) is 9.78 Å². The molecule has 0 radical (unpaired) electrons. The Labute approximate surface area is 150 Å². The van der Waals surface area contributed by atoms with E-state index in [1.165, 1.54) is 11.3 Å². The van der Waals surface area contributed by atoms with Crippen LogP contribution in [0.25, 0.3) is 10.2 Å². The molecule has 6 heteroatoms. The maximum absolute atomic E-state index is 12.3. The standard InChI is InChI=1S/C19H19NO4S/c1-12(2)24-15-9-8-13(10-16(15)22-3)19(21)23-11-18-20-14-6-4-5-7-17(14)25-18/h4-10,12H,11H2,1-3H3. The molecule has 1 aromatic heterocycles. The molecule has 3 aromatic rings. The Morgan fingerprint density at radius 2 is 1.96 bits per heavy atom. The lowest BCUT2D eigenvalue weighted by Gasteiger charge is -2.14. The van der Waals surface area contributed by atoms with Gasteiger partial charge in [-0.05, 0) is 44.2 Å². The van der Waals surface area contributed by atoms with E-state index >= 15 is 0 Å². The number of fused-ring (bicyclic) bond motifs is 1. The monoisotopic (exact) mass is 357 g/mol. The lowest BCUT2D eigenvalue weighted by molar-refractivity contribution is 0.0472. The van der Waals surface area contributed by atoms with Gasteiger partial charge >= 0.3 is 5.97 Å². The predicted molar refractivity (Wildman–Crippen MR) is 97.5 cm³/mol. The van der Waals surface area contributed by atoms with Gasteiger partial charge in [0.25, 0.3) is 0 Å². The Morgan fingerprint density at radius 1 is 1.16 bits per heavy atom. The lowest BCUT2D eigenvalue weighted by atomic mass is 10.2. The van der Waals surface area contributed by atoms with Crippen LogP contribution in [0.4, 0.5) is 0 Å². The van der Waals surface area contributed by atoms with E-state index in [9.17, 15) is 4.79 Å². The average Bonchev–Trinajstić information content (AvgIpc) is 3.02. The summed E-state index contributed by atoms with van der Waals surface area (Å²) in [6.45, 7) is 4.00. The van der Waals surface area contributed by atoms with Crippen LogP contribution in [-0.4, -0.2) is 24.2 Å². The van der Waals surface area contributed by atoms with Gasteiger partial charge in [0.1, 0.15) is 11.6 Å². The van der Waals surface area contributed by atoms with E-state index in [2.05, 4.69) is 4.98 Å². The normalized spacial score (nSPS) is 10.9. The number of ether oxygens (including phenoxy) is 3. The number of thiazole rings is 1. The maximum atomic E-state index is 12.3. The number of esters is 1. The first-order chi connectivity index (χ1) is 12.1. The van der Waals surface area contributed by atoms with Crippen LogP contribution in [0.3, 0.4) is 0 Å². The fourth-order valence-corrected chi connectivity index (χ4v) is 3.22. The van der Waals surface area contributed by atoms with Gasteiger partial charge < -0.3 is 14.2 Å². The second-order valence-corrected chi connectivity index (χ2v) is 6.80. The van der Waals surface area contributed by atoms with E-state index in [-0.39, 0.29) is 12.7 Å². The third-order valence-electron chi connectivity index (χ3n) is 3.43. The number of para-hydroxylation sites is 1. The minimum absolute atomic E-state index is 0.0192. The summed E-state index contributed by atoms with van der Waals surface area (Å²) in [6, 6.07) is 12.8. The molecule has 130 valence electrons. The van der Waals surface area contributed by atoms with Gasteiger partial charge in [-0.1, -0.05) is 12.1 Å². The number of aromatic nitrogens is 1. The van der Waals surface area contributed by atoms with Crippen molar-refractivity contribution in [3.05, 3.63) is 53.0 Å². The summed E-state index contributed by atoms with van der Waals surface area (Å²) >= 11 is 1.52. The molecular formula is C19H19NO4S. The molecule has 0 fully saturated rings. The molecule has 0 unspecified atom stereocenters. The SMILES string of the molecule is COc1cc(C(=O)OCc2nc3ccccc3s2)ccc1OC(C)C. The molecule has 0 aliphatic rings. The second kappa shape index (κ2) is 7.53. The number of hydrogen-bond acceptors (Lipinski definition) is 6. The largest absolute Gasteiger partial charge is 0.493 e. The van der Waals surface area contributed by atoms with Crippen LogP contribution >= 0.6 is 11.3 Å². The highest BCUT2D eigenvalue weighted by Gasteiger charge is 2.14. The van der Waals surface area contributed by atoms with Crippen LogP contribution in [0.15, 0.2) is 42.5 Å². The molecule has 5 nitrogen and oxygen atoms in total. The van der Waals surface area contributed by atoms with Crippen LogP contribution in [-0.2, 0) is 11.3 Å². The van der Waals surface area contributed by atoms with E-state index in [0.29, 0.717) is 17.1 Å². The molecule has 0 atom stereocenters. The molecule has 25 heavy (non-hydrogen) atoms. The van der Waals surface area contributed by atoms with E-state index in [1.807, 2.05) is 38.1 Å². The van der Waals surface area contributed by atoms with E-state index in [1.54, 1.807) is 25.3 Å². The smallest absolute Gasteiger partial charge is 0.338 e. The third-order valence-corrected chi connectivity index (χ3v) is 4.44. The number of carbonyl (C=O) groups is 1. The van der Waals surface area contributed by atoms with Gasteiger partial charge in [-0.2, -0.15) is 0 Å². The van der Waals surface area contributed by atoms with Crippen LogP contribution < -0.4 is 9.47 Å². The van der Waals surface area contributed by atoms with Crippen molar-refractivity contribution in [2.24, 2.45) is 0 Å². The number of nitrogens with zero attached hydrogens (tertiary/aromatic N) is 1. The summed E-state index contributed by atoms with van der Waals surface area (Å²) in [6.07, 6.45) is 0.0192. The highest BCUT2D eigenvalue weighted by Crippen LogP contribution is 2.29. The number of methoxy groups -OCH3 is 1. The average molecular weight is 357 g/mol. The van der Waals surface area contributed by atoms with Gasteiger partial charge in [0.05, 0.1) is 29.0 Å². The van der Waals surface area contributed by atoms with Crippen LogP contribution in [0.1, 0.15) is 29.2 Å². The van der Waals surface area contributed by atoms with Gasteiger partial charge in [-0.15, -0.1) is 11.3 Å². The Balaban J connectivity index is 1.70. The molecule has 1 heterocycles. The van der Waals surface area contributed by atoms with Crippen molar-refractivity contribution in [2.75, 3.05) is 7.11 Å². The van der Waals surface area contributed by atoms with Crippen molar-refractivity contribution in [3.8, 4) is 11.5 Å². The zero-order chi connectivity index (χ0) is 17.8. The van der Waals surface area contributed by atoms with Gasteiger partial charge in [-0.3, -0.25) is 0 Å². The van der Waals surface area contributed by atoms with E-state index in [4.69, 9.17) is 14.2 Å². The predicted octanol–water partition coefficient (Wildman–Crippen LogP) is 4.45. The highest BCUT2D eigenvalue weighted by atomic mass is 32.1. The van der Waals surface area contributed by atoms with Crippen molar-refractivity contribution in [1.82, 2.24) is 4.98 Å². The van der Waals surface area contributed by atoms with Crippen LogP contribution in [0, 0.1) is 0 Å². The minimum Gasteiger partial charge on any atom is -0.493 e. The molecule has 0 saturated carbocycles. The van der Waals surface area contributed by atoms with Gasteiger partial charge in [0.2, 0.25) is 0 Å². The van der Waals surface area contributed by atoms with Gasteiger partial charge in [0, 0.05) is 0 Å². The molecular weight excluding hydrogens is 338 g/mol. The number of hydrogen-bond donors (Lipinski definition) is 0. The summed E-state index contributed by atoms with van der Waals surface area (Å²) in [5, 5.41) is 0.765. The molecule has 0 spiro atoms. The molecule has 0 saturated heterocycles.